The first kappa shape index (κ1) is 9.30. The molecule has 2 aliphatic rings. The average Bonchev–Trinajstić information content (AvgIpc) is 2.84. The molecule has 5 nitrogen and oxygen atoms in total. The van der Waals surface area contributed by atoms with Crippen molar-refractivity contribution in [1.82, 2.24) is 20.1 Å². The molecule has 3 heterocycles. The lowest BCUT2D eigenvalue weighted by Crippen LogP contribution is -2.25. The van der Waals surface area contributed by atoms with Crippen molar-refractivity contribution in [2.24, 2.45) is 0 Å². The van der Waals surface area contributed by atoms with Crippen LogP contribution in [0, 0.1) is 0 Å². The minimum atomic E-state index is -0.242. The van der Waals surface area contributed by atoms with E-state index >= 15 is 0 Å². The number of nitrogens with zero attached hydrogens (tertiary/aromatic N) is 3. The number of aliphatic hydroxyl groups excluding tert-OH is 1. The number of fused-ring (bicyclic) bond motifs is 1. The monoisotopic (exact) mass is 208 g/mol. The molecule has 5 heteroatoms. The molecule has 0 aliphatic carbocycles. The van der Waals surface area contributed by atoms with Crippen LogP contribution in [-0.2, 0) is 13.0 Å². The molecular weight excluding hydrogens is 192 g/mol. The summed E-state index contributed by atoms with van der Waals surface area (Å²) in [6, 6.07) is 0. The molecule has 2 unspecified atom stereocenters. The molecule has 1 aromatic rings. The Bertz CT molecular complexity index is 356. The van der Waals surface area contributed by atoms with Gasteiger partial charge in [-0.05, 0) is 19.4 Å². The van der Waals surface area contributed by atoms with Crippen LogP contribution in [-0.4, -0.2) is 39.1 Å². The third-order valence-electron chi connectivity index (χ3n) is 3.28. The first-order valence-corrected chi connectivity index (χ1v) is 5.65. The van der Waals surface area contributed by atoms with Crippen LogP contribution in [0.1, 0.15) is 30.4 Å². The SMILES string of the molecule is OC1CCc2nc(C3CCNC3)nn2C1. The van der Waals surface area contributed by atoms with Gasteiger partial charge < -0.3 is 10.4 Å². The second-order valence-corrected chi connectivity index (χ2v) is 4.45. The van der Waals surface area contributed by atoms with E-state index in [4.69, 9.17) is 0 Å². The van der Waals surface area contributed by atoms with E-state index in [9.17, 15) is 5.11 Å². The molecule has 0 radical (unpaired) electrons. The van der Waals surface area contributed by atoms with E-state index in [1.54, 1.807) is 0 Å². The number of aromatic nitrogens is 3. The number of rotatable bonds is 1. The van der Waals surface area contributed by atoms with Gasteiger partial charge >= 0.3 is 0 Å². The van der Waals surface area contributed by atoms with Crippen LogP contribution in [0.4, 0.5) is 0 Å². The van der Waals surface area contributed by atoms with Crippen LogP contribution in [0.2, 0.25) is 0 Å². The van der Waals surface area contributed by atoms with Crippen LogP contribution >= 0.6 is 0 Å². The Morgan fingerprint density at radius 1 is 1.40 bits per heavy atom. The zero-order valence-corrected chi connectivity index (χ0v) is 8.69. The predicted octanol–water partition coefficient (Wildman–Crippen LogP) is -0.338. The van der Waals surface area contributed by atoms with Gasteiger partial charge in [0.1, 0.15) is 5.82 Å². The van der Waals surface area contributed by atoms with E-state index in [1.165, 1.54) is 0 Å². The lowest BCUT2D eigenvalue weighted by molar-refractivity contribution is 0.124. The highest BCUT2D eigenvalue weighted by atomic mass is 16.3. The summed E-state index contributed by atoms with van der Waals surface area (Å²) in [7, 11) is 0. The number of hydrogen-bond donors (Lipinski definition) is 2. The van der Waals surface area contributed by atoms with Gasteiger partial charge in [0.25, 0.3) is 0 Å². The molecule has 82 valence electrons. The molecular formula is C10H16N4O. The third-order valence-corrected chi connectivity index (χ3v) is 3.28. The van der Waals surface area contributed by atoms with Crippen molar-refractivity contribution in [3.8, 4) is 0 Å². The summed E-state index contributed by atoms with van der Waals surface area (Å²) >= 11 is 0. The van der Waals surface area contributed by atoms with E-state index in [2.05, 4.69) is 15.4 Å². The Hall–Kier alpha value is -0.940. The zero-order chi connectivity index (χ0) is 10.3. The van der Waals surface area contributed by atoms with Crippen LogP contribution < -0.4 is 5.32 Å². The molecule has 2 aliphatic heterocycles. The van der Waals surface area contributed by atoms with E-state index in [0.717, 1.165) is 44.0 Å². The maximum absolute atomic E-state index is 9.53. The van der Waals surface area contributed by atoms with E-state index in [1.807, 2.05) is 4.68 Å². The summed E-state index contributed by atoms with van der Waals surface area (Å²) in [6.45, 7) is 2.67. The molecule has 1 saturated heterocycles. The highest BCUT2D eigenvalue weighted by Crippen LogP contribution is 2.21. The van der Waals surface area contributed by atoms with Crippen molar-refractivity contribution < 1.29 is 5.11 Å². The average molecular weight is 208 g/mol. The molecule has 15 heavy (non-hydrogen) atoms. The van der Waals surface area contributed by atoms with Crippen molar-refractivity contribution >= 4 is 0 Å². The summed E-state index contributed by atoms with van der Waals surface area (Å²) in [5, 5.41) is 17.3. The summed E-state index contributed by atoms with van der Waals surface area (Å²) in [4.78, 5) is 4.57. The first-order valence-electron chi connectivity index (χ1n) is 5.65. The highest BCUT2D eigenvalue weighted by Gasteiger charge is 2.25. The van der Waals surface area contributed by atoms with E-state index in [0.29, 0.717) is 12.5 Å². The lowest BCUT2D eigenvalue weighted by Gasteiger charge is -2.16. The van der Waals surface area contributed by atoms with Crippen LogP contribution in [0.15, 0.2) is 0 Å². The van der Waals surface area contributed by atoms with Gasteiger partial charge in [0.05, 0.1) is 12.6 Å². The fourth-order valence-electron chi connectivity index (χ4n) is 2.36. The second kappa shape index (κ2) is 3.57. The summed E-state index contributed by atoms with van der Waals surface area (Å²) in [5.74, 6) is 2.48. The maximum atomic E-state index is 9.53. The second-order valence-electron chi connectivity index (χ2n) is 4.45. The number of aryl methyl sites for hydroxylation is 1. The van der Waals surface area contributed by atoms with E-state index in [-0.39, 0.29) is 6.10 Å². The topological polar surface area (TPSA) is 63.0 Å². The summed E-state index contributed by atoms with van der Waals surface area (Å²) < 4.78 is 1.88. The fraction of sp³-hybridized carbons (Fsp3) is 0.800. The standard InChI is InChI=1S/C10H16N4O/c15-8-1-2-9-12-10(13-14(9)6-8)7-3-4-11-5-7/h7-8,11,15H,1-6H2. The molecule has 3 rings (SSSR count). The molecule has 0 amide bonds. The predicted molar refractivity (Wildman–Crippen MR) is 54.6 cm³/mol. The molecule has 0 aromatic carbocycles. The van der Waals surface area contributed by atoms with Gasteiger partial charge in [-0.2, -0.15) is 5.10 Å². The fourth-order valence-corrected chi connectivity index (χ4v) is 2.36. The molecule has 1 fully saturated rings. The number of aliphatic hydroxyl groups is 1. The van der Waals surface area contributed by atoms with Crippen LogP contribution in [0.3, 0.4) is 0 Å². The Balaban J connectivity index is 1.85. The van der Waals surface area contributed by atoms with Crippen molar-refractivity contribution in [2.45, 2.75) is 37.8 Å². The minimum Gasteiger partial charge on any atom is -0.391 e. The third kappa shape index (κ3) is 1.66. The minimum absolute atomic E-state index is 0.242. The molecule has 1 aromatic heterocycles. The molecule has 0 saturated carbocycles. The Morgan fingerprint density at radius 3 is 3.13 bits per heavy atom. The molecule has 0 bridgehead atoms. The van der Waals surface area contributed by atoms with E-state index < -0.39 is 0 Å². The lowest BCUT2D eigenvalue weighted by atomic mass is 10.1. The zero-order valence-electron chi connectivity index (χ0n) is 8.69. The quantitative estimate of drug-likeness (QED) is 0.663. The summed E-state index contributed by atoms with van der Waals surface area (Å²) in [5.41, 5.74) is 0. The summed E-state index contributed by atoms with van der Waals surface area (Å²) in [6.07, 6.45) is 2.57. The van der Waals surface area contributed by atoms with Crippen molar-refractivity contribution in [3.05, 3.63) is 11.6 Å². The molecule has 2 atom stereocenters. The van der Waals surface area contributed by atoms with Gasteiger partial charge in [0, 0.05) is 18.9 Å². The van der Waals surface area contributed by atoms with Crippen LogP contribution in [0.5, 0.6) is 0 Å². The van der Waals surface area contributed by atoms with Crippen molar-refractivity contribution in [1.29, 1.82) is 0 Å². The smallest absolute Gasteiger partial charge is 0.155 e. The largest absolute Gasteiger partial charge is 0.391 e. The Morgan fingerprint density at radius 2 is 2.33 bits per heavy atom. The normalized spacial score (nSPS) is 30.5. The first-order chi connectivity index (χ1) is 7.33. The van der Waals surface area contributed by atoms with Crippen LogP contribution in [0.25, 0.3) is 0 Å². The Kier molecular flexibility index (Phi) is 2.21. The Labute approximate surface area is 88.5 Å². The molecule has 2 N–H and O–H groups in total. The van der Waals surface area contributed by atoms with Gasteiger partial charge in [-0.1, -0.05) is 0 Å². The maximum Gasteiger partial charge on any atom is 0.155 e. The number of hydrogen-bond acceptors (Lipinski definition) is 4. The van der Waals surface area contributed by atoms with Gasteiger partial charge in [-0.3, -0.25) is 0 Å². The molecule has 0 spiro atoms. The van der Waals surface area contributed by atoms with Gasteiger partial charge in [-0.15, -0.1) is 0 Å². The van der Waals surface area contributed by atoms with Gasteiger partial charge in [-0.25, -0.2) is 9.67 Å². The van der Waals surface area contributed by atoms with Gasteiger partial charge in [0.15, 0.2) is 5.82 Å². The highest BCUT2D eigenvalue weighted by molar-refractivity contribution is 5.04. The van der Waals surface area contributed by atoms with Crippen molar-refractivity contribution in [2.75, 3.05) is 13.1 Å². The van der Waals surface area contributed by atoms with Gasteiger partial charge in [0.2, 0.25) is 0 Å². The van der Waals surface area contributed by atoms with Crippen molar-refractivity contribution in [3.63, 3.8) is 0 Å². The number of nitrogens with one attached hydrogen (secondary N) is 1.